The van der Waals surface area contributed by atoms with Crippen molar-refractivity contribution in [3.8, 4) is 17.2 Å². The van der Waals surface area contributed by atoms with E-state index in [1.54, 1.807) is 23.1 Å². The van der Waals surface area contributed by atoms with Gasteiger partial charge in [0.25, 0.3) is 11.5 Å². The van der Waals surface area contributed by atoms with Gasteiger partial charge in [-0.3, -0.25) is 9.59 Å². The summed E-state index contributed by atoms with van der Waals surface area (Å²) >= 11 is 3.42. The molecular weight excluding hydrogens is 556 g/mol. The number of hydrogen-bond donors (Lipinski definition) is 0. The summed E-state index contributed by atoms with van der Waals surface area (Å²) < 4.78 is 24.3. The zero-order chi connectivity index (χ0) is 27.4. The van der Waals surface area contributed by atoms with Crippen LogP contribution in [-0.2, 0) is 14.9 Å². The molecule has 0 saturated carbocycles. The van der Waals surface area contributed by atoms with Crippen LogP contribution >= 0.6 is 15.9 Å². The molecule has 2 heterocycles. The first kappa shape index (κ1) is 27.6. The van der Waals surface area contributed by atoms with E-state index in [1.807, 2.05) is 32.9 Å². The van der Waals surface area contributed by atoms with E-state index in [4.69, 9.17) is 23.9 Å². The van der Waals surface area contributed by atoms with E-state index < -0.39 is 5.41 Å². The smallest absolute Gasteiger partial charge is 0.282 e. The maximum Gasteiger partial charge on any atom is 0.282 e. The molecule has 2 aromatic carbocycles. The Hall–Kier alpha value is -3.44. The molecule has 1 aromatic heterocycles. The lowest BCUT2D eigenvalue weighted by molar-refractivity contribution is -0.137. The summed E-state index contributed by atoms with van der Waals surface area (Å²) in [6, 6.07) is 8.80. The summed E-state index contributed by atoms with van der Waals surface area (Å²) in [6.07, 6.45) is 1.54. The molecule has 0 spiro atoms. The van der Waals surface area contributed by atoms with Gasteiger partial charge in [-0.15, -0.1) is 0 Å². The third kappa shape index (κ3) is 5.99. The average Bonchev–Trinajstić information content (AvgIpc) is 2.91. The van der Waals surface area contributed by atoms with Crippen molar-refractivity contribution in [2.75, 3.05) is 47.1 Å². The number of benzene rings is 2. The molecule has 4 rings (SSSR count). The van der Waals surface area contributed by atoms with Crippen LogP contribution in [0.2, 0.25) is 0 Å². The number of ether oxygens (including phenoxy) is 4. The number of aromatic nitrogens is 2. The molecule has 1 saturated heterocycles. The molecule has 11 heteroatoms. The van der Waals surface area contributed by atoms with Crippen molar-refractivity contribution < 1.29 is 23.7 Å². The van der Waals surface area contributed by atoms with E-state index >= 15 is 0 Å². The normalized spacial score (nSPS) is 14.2. The molecule has 0 N–H and O–H groups in total. The Morgan fingerprint density at radius 1 is 1.13 bits per heavy atom. The van der Waals surface area contributed by atoms with Gasteiger partial charge in [0.15, 0.2) is 18.1 Å². The molecule has 0 unspecified atom stereocenters. The Bertz CT molecular complexity index is 1400. The lowest BCUT2D eigenvalue weighted by atomic mass is 9.95. The van der Waals surface area contributed by atoms with Crippen LogP contribution in [0.5, 0.6) is 17.2 Å². The molecule has 0 bridgehead atoms. The maximum atomic E-state index is 13.4. The SMILES string of the molecule is COc1cc(C=Nn2c(C(C)(C)C)nc3ccc(Br)cc3c2=O)cc(OC)c1OCC(=O)N1CCOCC1. The van der Waals surface area contributed by atoms with Gasteiger partial charge >= 0.3 is 0 Å². The highest BCUT2D eigenvalue weighted by atomic mass is 79.9. The number of methoxy groups -OCH3 is 2. The first-order valence-corrected chi connectivity index (χ1v) is 12.9. The fraction of sp³-hybridized carbons (Fsp3) is 0.407. The first-order valence-electron chi connectivity index (χ1n) is 12.1. The predicted octanol–water partition coefficient (Wildman–Crippen LogP) is 3.59. The minimum Gasteiger partial charge on any atom is -0.493 e. The fourth-order valence-electron chi connectivity index (χ4n) is 4.02. The summed E-state index contributed by atoms with van der Waals surface area (Å²) in [4.78, 5) is 32.4. The molecule has 3 aromatic rings. The Balaban J connectivity index is 1.68. The van der Waals surface area contributed by atoms with Gasteiger partial charge in [-0.25, -0.2) is 4.98 Å². The van der Waals surface area contributed by atoms with Crippen LogP contribution in [0.4, 0.5) is 0 Å². The number of fused-ring (bicyclic) bond motifs is 1. The quantitative estimate of drug-likeness (QED) is 0.389. The highest BCUT2D eigenvalue weighted by Crippen LogP contribution is 2.38. The van der Waals surface area contributed by atoms with Crippen LogP contribution < -0.4 is 19.8 Å². The summed E-state index contributed by atoms with van der Waals surface area (Å²) in [5.74, 6) is 1.41. The molecule has 1 aliphatic rings. The van der Waals surface area contributed by atoms with Gasteiger partial charge in [0, 0.05) is 28.5 Å². The predicted molar refractivity (Wildman–Crippen MR) is 148 cm³/mol. The largest absolute Gasteiger partial charge is 0.493 e. The lowest BCUT2D eigenvalue weighted by Crippen LogP contribution is -2.43. The number of carbonyl (C=O) groups excluding carboxylic acids is 1. The molecule has 1 amide bonds. The zero-order valence-electron chi connectivity index (χ0n) is 22.1. The van der Waals surface area contributed by atoms with E-state index in [0.29, 0.717) is 65.8 Å². The van der Waals surface area contributed by atoms with Crippen LogP contribution in [0.25, 0.3) is 10.9 Å². The summed E-state index contributed by atoms with van der Waals surface area (Å²) in [5, 5.41) is 4.97. The Morgan fingerprint density at radius 3 is 2.39 bits per heavy atom. The topological polar surface area (TPSA) is 104 Å². The monoisotopic (exact) mass is 586 g/mol. The Labute approximate surface area is 229 Å². The van der Waals surface area contributed by atoms with Crippen LogP contribution in [0, 0.1) is 0 Å². The van der Waals surface area contributed by atoms with Gasteiger partial charge in [-0.2, -0.15) is 9.78 Å². The number of carbonyl (C=O) groups is 1. The first-order chi connectivity index (χ1) is 18.1. The molecule has 1 fully saturated rings. The molecule has 10 nitrogen and oxygen atoms in total. The second-order valence-corrected chi connectivity index (χ2v) is 10.7. The van der Waals surface area contributed by atoms with E-state index in [1.165, 1.54) is 25.1 Å². The molecule has 0 aliphatic carbocycles. The second kappa shape index (κ2) is 11.5. The third-order valence-electron chi connectivity index (χ3n) is 5.99. The number of amides is 1. The number of hydrogen-bond acceptors (Lipinski definition) is 8. The van der Waals surface area contributed by atoms with Crippen LogP contribution in [0.15, 0.2) is 44.7 Å². The summed E-state index contributed by atoms with van der Waals surface area (Å²) in [7, 11) is 3.00. The number of halogens is 1. The molecule has 0 radical (unpaired) electrons. The van der Waals surface area contributed by atoms with E-state index in [2.05, 4.69) is 21.0 Å². The van der Waals surface area contributed by atoms with Crippen molar-refractivity contribution >= 4 is 39.0 Å². The van der Waals surface area contributed by atoms with Gasteiger partial charge in [0.05, 0.1) is 44.6 Å². The molecule has 1 aliphatic heterocycles. The number of morpholine rings is 1. The van der Waals surface area contributed by atoms with Crippen molar-refractivity contribution in [2.45, 2.75) is 26.2 Å². The lowest BCUT2D eigenvalue weighted by Gasteiger charge is -2.27. The maximum absolute atomic E-state index is 13.4. The third-order valence-corrected chi connectivity index (χ3v) is 6.48. The number of nitrogens with zero attached hydrogens (tertiary/aromatic N) is 4. The molecule has 0 atom stereocenters. The van der Waals surface area contributed by atoms with Gasteiger partial charge in [-0.05, 0) is 30.3 Å². The minimum atomic E-state index is -0.447. The second-order valence-electron chi connectivity index (χ2n) is 9.74. The molecular formula is C27H31BrN4O6. The van der Waals surface area contributed by atoms with Gasteiger partial charge in [0.2, 0.25) is 5.75 Å². The highest BCUT2D eigenvalue weighted by molar-refractivity contribution is 9.10. The molecule has 38 heavy (non-hydrogen) atoms. The molecule has 202 valence electrons. The van der Waals surface area contributed by atoms with Crippen molar-refractivity contribution in [3.05, 3.63) is 56.5 Å². The standard InChI is InChI=1S/C27H31BrN4O6/c1-27(2,3)26-30-20-7-6-18(28)14-19(20)25(34)32(26)29-15-17-12-21(35-4)24(22(13-17)36-5)38-16-23(33)31-8-10-37-11-9-31/h6-7,12-15H,8-11,16H2,1-5H3. The minimum absolute atomic E-state index is 0.146. The Kier molecular flexibility index (Phi) is 8.37. The van der Waals surface area contributed by atoms with Crippen molar-refractivity contribution in [2.24, 2.45) is 5.10 Å². The van der Waals surface area contributed by atoms with Crippen molar-refractivity contribution in [1.82, 2.24) is 14.6 Å². The number of rotatable bonds is 7. The zero-order valence-corrected chi connectivity index (χ0v) is 23.7. The highest BCUT2D eigenvalue weighted by Gasteiger charge is 2.23. The van der Waals surface area contributed by atoms with Gasteiger partial charge < -0.3 is 23.8 Å². The van der Waals surface area contributed by atoms with Crippen molar-refractivity contribution in [3.63, 3.8) is 0 Å². The van der Waals surface area contributed by atoms with Crippen molar-refractivity contribution in [1.29, 1.82) is 0 Å². The van der Waals surface area contributed by atoms with E-state index in [0.717, 1.165) is 4.47 Å². The summed E-state index contributed by atoms with van der Waals surface area (Å²) in [5.41, 5.74) is 0.480. The van der Waals surface area contributed by atoms with E-state index in [-0.39, 0.29) is 18.1 Å². The summed E-state index contributed by atoms with van der Waals surface area (Å²) in [6.45, 7) is 7.84. The van der Waals surface area contributed by atoms with Crippen LogP contribution in [0.1, 0.15) is 32.2 Å². The fourth-order valence-corrected chi connectivity index (χ4v) is 4.38. The average molecular weight is 587 g/mol. The van der Waals surface area contributed by atoms with Gasteiger partial charge in [-0.1, -0.05) is 36.7 Å². The van der Waals surface area contributed by atoms with Gasteiger partial charge in [0.1, 0.15) is 5.82 Å². The van der Waals surface area contributed by atoms with Crippen LogP contribution in [0.3, 0.4) is 0 Å². The van der Waals surface area contributed by atoms with Crippen LogP contribution in [-0.4, -0.2) is 73.8 Å². The van der Waals surface area contributed by atoms with E-state index in [9.17, 15) is 9.59 Å². The Morgan fingerprint density at radius 2 is 1.79 bits per heavy atom.